The van der Waals surface area contributed by atoms with Crippen LogP contribution in [0.2, 0.25) is 0 Å². The first-order valence-corrected chi connectivity index (χ1v) is 12.3. The van der Waals surface area contributed by atoms with E-state index in [0.29, 0.717) is 0 Å². The summed E-state index contributed by atoms with van der Waals surface area (Å²) >= 11 is 0. The number of non-ortho nitro benzene ring substituents is 1. The molecular weight excluding hydrogens is 498 g/mol. The van der Waals surface area contributed by atoms with E-state index in [9.17, 15) is 28.1 Å². The molecule has 1 aliphatic heterocycles. The van der Waals surface area contributed by atoms with Gasteiger partial charge in [-0.3, -0.25) is 24.4 Å². The molecule has 4 aromatic rings. The zero-order valence-corrected chi connectivity index (χ0v) is 19.7. The van der Waals surface area contributed by atoms with Crippen LogP contribution >= 0.6 is 0 Å². The lowest BCUT2D eigenvalue weighted by molar-refractivity contribution is -0.384. The fourth-order valence-corrected chi connectivity index (χ4v) is 4.89. The van der Waals surface area contributed by atoms with Crippen LogP contribution in [0.3, 0.4) is 0 Å². The number of nitro benzene ring substituents is 1. The monoisotopic (exact) mass is 515 g/mol. The normalized spacial score (nSPS) is 12.8. The summed E-state index contributed by atoms with van der Waals surface area (Å²) in [7, 11) is -3.80. The minimum Gasteiger partial charge on any atom is -0.457 e. The molecule has 1 N–H and O–H groups in total. The summed E-state index contributed by atoms with van der Waals surface area (Å²) in [5.74, 6) is -0.689. The summed E-state index contributed by atoms with van der Waals surface area (Å²) in [6, 6.07) is 23.6. The molecule has 0 aromatic heterocycles. The number of amides is 2. The smallest absolute Gasteiger partial charge is 0.273 e. The third kappa shape index (κ3) is 4.62. The number of sulfonamides is 1. The second-order valence-corrected chi connectivity index (χ2v) is 9.66. The van der Waals surface area contributed by atoms with Gasteiger partial charge in [-0.2, -0.15) is 0 Å². The van der Waals surface area contributed by atoms with Crippen LogP contribution in [0.5, 0.6) is 11.5 Å². The molecule has 0 atom stereocenters. The van der Waals surface area contributed by atoms with Crippen LogP contribution in [0.25, 0.3) is 0 Å². The highest BCUT2D eigenvalue weighted by molar-refractivity contribution is 7.92. The Kier molecular flexibility index (Phi) is 5.90. The average Bonchev–Trinajstić information content (AvgIpc) is 3.14. The van der Waals surface area contributed by atoms with E-state index in [2.05, 4.69) is 4.72 Å². The standard InChI is InChI=1S/C26H17N3O7S/c30-25-23-14-13-21(36-20-6-4-5-19(15-20)29(32)33)16-24(23)26(31)28(25)18-11-9-17(10-12-18)27-37(34,35)22-7-2-1-3-8-22/h1-16,27H. The van der Waals surface area contributed by atoms with Gasteiger partial charge in [0.2, 0.25) is 0 Å². The lowest BCUT2D eigenvalue weighted by atomic mass is 10.1. The van der Waals surface area contributed by atoms with Crippen LogP contribution in [0, 0.1) is 10.1 Å². The van der Waals surface area contributed by atoms with E-state index in [0.717, 1.165) is 4.90 Å². The first-order valence-electron chi connectivity index (χ1n) is 10.9. The molecule has 184 valence electrons. The van der Waals surface area contributed by atoms with Gasteiger partial charge < -0.3 is 4.74 Å². The van der Waals surface area contributed by atoms with Crippen molar-refractivity contribution in [3.05, 3.63) is 118 Å². The Bertz CT molecular complexity index is 1650. The number of benzene rings is 4. The number of imide groups is 1. The maximum Gasteiger partial charge on any atom is 0.273 e. The maximum atomic E-state index is 13.1. The third-order valence-corrected chi connectivity index (χ3v) is 6.95. The molecule has 10 nitrogen and oxygen atoms in total. The zero-order chi connectivity index (χ0) is 26.2. The molecule has 1 aliphatic rings. The number of fused-ring (bicyclic) bond motifs is 1. The van der Waals surface area contributed by atoms with E-state index < -0.39 is 26.8 Å². The molecule has 0 spiro atoms. The van der Waals surface area contributed by atoms with Crippen molar-refractivity contribution in [2.45, 2.75) is 4.90 Å². The van der Waals surface area contributed by atoms with Gasteiger partial charge in [-0.25, -0.2) is 13.3 Å². The number of rotatable bonds is 7. The summed E-state index contributed by atoms with van der Waals surface area (Å²) in [6.45, 7) is 0. The predicted octanol–water partition coefficient (Wildman–Crippen LogP) is 4.99. The molecule has 0 aliphatic carbocycles. The van der Waals surface area contributed by atoms with Gasteiger partial charge in [-0.1, -0.05) is 24.3 Å². The van der Waals surface area contributed by atoms with Gasteiger partial charge in [0.25, 0.3) is 27.5 Å². The van der Waals surface area contributed by atoms with Crippen molar-refractivity contribution in [1.82, 2.24) is 0 Å². The molecule has 0 radical (unpaired) electrons. The molecule has 5 rings (SSSR count). The predicted molar refractivity (Wildman–Crippen MR) is 134 cm³/mol. The van der Waals surface area contributed by atoms with Crippen LogP contribution in [-0.4, -0.2) is 25.2 Å². The number of carbonyl (C=O) groups is 2. The Morgan fingerprint density at radius 3 is 2.14 bits per heavy atom. The van der Waals surface area contributed by atoms with Gasteiger partial charge in [0.05, 0.1) is 32.7 Å². The summed E-state index contributed by atoms with van der Waals surface area (Å²) in [6.07, 6.45) is 0. The zero-order valence-electron chi connectivity index (χ0n) is 18.9. The highest BCUT2D eigenvalue weighted by Gasteiger charge is 2.37. The van der Waals surface area contributed by atoms with Crippen molar-refractivity contribution >= 4 is 38.9 Å². The molecule has 11 heteroatoms. The number of hydrogen-bond acceptors (Lipinski definition) is 7. The molecule has 1 heterocycles. The maximum absolute atomic E-state index is 13.1. The molecular formula is C26H17N3O7S. The van der Waals surface area contributed by atoms with Gasteiger partial charge in [0.15, 0.2) is 0 Å². The Labute approximate surface area is 210 Å². The number of nitro groups is 1. The summed E-state index contributed by atoms with van der Waals surface area (Å²) in [5.41, 5.74) is 0.657. The van der Waals surface area contributed by atoms with Crippen molar-refractivity contribution in [2.24, 2.45) is 0 Å². The molecule has 0 saturated carbocycles. The molecule has 0 saturated heterocycles. The topological polar surface area (TPSA) is 136 Å². The van der Waals surface area contributed by atoms with E-state index >= 15 is 0 Å². The SMILES string of the molecule is O=C1c2ccc(Oc3cccc([N+](=O)[O-])c3)cc2C(=O)N1c1ccc(NS(=O)(=O)c2ccccc2)cc1. The van der Waals surface area contributed by atoms with Crippen LogP contribution in [0.4, 0.5) is 17.1 Å². The fraction of sp³-hybridized carbons (Fsp3) is 0. The number of nitrogens with zero attached hydrogens (tertiary/aromatic N) is 2. The molecule has 2 amide bonds. The Balaban J connectivity index is 1.35. The van der Waals surface area contributed by atoms with E-state index in [1.54, 1.807) is 18.2 Å². The number of anilines is 2. The van der Waals surface area contributed by atoms with Crippen LogP contribution < -0.4 is 14.4 Å². The first kappa shape index (κ1) is 23.7. The van der Waals surface area contributed by atoms with Crippen LogP contribution in [0.1, 0.15) is 20.7 Å². The minimum atomic E-state index is -3.80. The van der Waals surface area contributed by atoms with E-state index in [1.807, 2.05) is 0 Å². The van der Waals surface area contributed by atoms with Crippen molar-refractivity contribution < 1.29 is 27.7 Å². The summed E-state index contributed by atoms with van der Waals surface area (Å²) in [5, 5.41) is 11.0. The van der Waals surface area contributed by atoms with E-state index in [1.165, 1.54) is 78.9 Å². The average molecular weight is 516 g/mol. The van der Waals surface area contributed by atoms with Crippen LogP contribution in [0.15, 0.2) is 102 Å². The van der Waals surface area contributed by atoms with Crippen molar-refractivity contribution in [2.75, 3.05) is 9.62 Å². The lowest BCUT2D eigenvalue weighted by Crippen LogP contribution is -2.29. The van der Waals surface area contributed by atoms with Gasteiger partial charge >= 0.3 is 0 Å². The van der Waals surface area contributed by atoms with E-state index in [-0.39, 0.29) is 44.6 Å². The Hall–Kier alpha value is -5.03. The lowest BCUT2D eigenvalue weighted by Gasteiger charge is -2.15. The van der Waals surface area contributed by atoms with Gasteiger partial charge in [-0.05, 0) is 60.7 Å². The number of carbonyl (C=O) groups excluding carboxylic acids is 2. The molecule has 37 heavy (non-hydrogen) atoms. The first-order chi connectivity index (χ1) is 17.7. The quantitative estimate of drug-likeness (QED) is 0.208. The van der Waals surface area contributed by atoms with Crippen molar-refractivity contribution in [3.8, 4) is 11.5 Å². The van der Waals surface area contributed by atoms with Gasteiger partial charge in [-0.15, -0.1) is 0 Å². The Morgan fingerprint density at radius 1 is 0.757 bits per heavy atom. The number of hydrogen-bond donors (Lipinski definition) is 1. The highest BCUT2D eigenvalue weighted by Crippen LogP contribution is 2.33. The second-order valence-electron chi connectivity index (χ2n) is 7.98. The largest absolute Gasteiger partial charge is 0.457 e. The van der Waals surface area contributed by atoms with Gasteiger partial charge in [0, 0.05) is 11.8 Å². The fourth-order valence-electron chi connectivity index (χ4n) is 3.81. The molecule has 4 aromatic carbocycles. The minimum absolute atomic E-state index is 0.0996. The Morgan fingerprint density at radius 2 is 1.43 bits per heavy atom. The third-order valence-electron chi connectivity index (χ3n) is 5.55. The van der Waals surface area contributed by atoms with Gasteiger partial charge in [0.1, 0.15) is 11.5 Å². The number of ether oxygens (including phenoxy) is 1. The van der Waals surface area contributed by atoms with Crippen LogP contribution in [-0.2, 0) is 10.0 Å². The van der Waals surface area contributed by atoms with Crippen molar-refractivity contribution in [3.63, 3.8) is 0 Å². The van der Waals surface area contributed by atoms with E-state index in [4.69, 9.17) is 4.74 Å². The molecule has 0 fully saturated rings. The highest BCUT2D eigenvalue weighted by atomic mass is 32.2. The second kappa shape index (κ2) is 9.21. The number of nitrogens with one attached hydrogen (secondary N) is 1. The van der Waals surface area contributed by atoms with Crippen molar-refractivity contribution in [1.29, 1.82) is 0 Å². The summed E-state index contributed by atoms with van der Waals surface area (Å²) < 4.78 is 33.2. The molecule has 0 bridgehead atoms. The molecule has 0 unspecified atom stereocenters. The summed E-state index contributed by atoms with van der Waals surface area (Å²) in [4.78, 5) is 37.6.